The van der Waals surface area contributed by atoms with Crippen molar-refractivity contribution in [2.24, 2.45) is 0 Å². The number of nitrogens with zero attached hydrogens (tertiary/aromatic N) is 1. The number of hydrogen-bond acceptors (Lipinski definition) is 2. The highest BCUT2D eigenvalue weighted by Crippen LogP contribution is 2.15. The topological polar surface area (TPSA) is 35.1 Å². The molecule has 68 valence electrons. The second-order valence-corrected chi connectivity index (χ2v) is 3.30. The van der Waals surface area contributed by atoms with Crippen LogP contribution >= 0.6 is 0 Å². The maximum absolute atomic E-state index is 11.4. The lowest BCUT2D eigenvalue weighted by molar-refractivity contribution is 0.478. The molecule has 0 N–H and O–H groups in total. The molecule has 0 aliphatic heterocycles. The van der Waals surface area contributed by atoms with Crippen LogP contribution in [0.3, 0.4) is 0 Å². The fourth-order valence-corrected chi connectivity index (χ4v) is 1.47. The smallest absolute Gasteiger partial charge is 0.408 e. The van der Waals surface area contributed by atoms with Gasteiger partial charge in [0, 0.05) is 6.04 Å². The first-order valence-corrected chi connectivity index (χ1v) is 4.30. The number of para-hydroxylation sites is 2. The number of hydrogen-bond donors (Lipinski definition) is 0. The Morgan fingerprint density at radius 3 is 2.69 bits per heavy atom. The minimum atomic E-state index is -0.281. The van der Waals surface area contributed by atoms with E-state index in [-0.39, 0.29) is 11.8 Å². The summed E-state index contributed by atoms with van der Waals surface area (Å²) in [6.07, 6.45) is 0. The molecule has 2 rings (SSSR count). The SMILES string of the molecule is CC(C)n1c(=O)oc2ccccc21. The first-order valence-electron chi connectivity index (χ1n) is 4.30. The monoisotopic (exact) mass is 177 g/mol. The van der Waals surface area contributed by atoms with Crippen LogP contribution in [0.2, 0.25) is 0 Å². The quantitative estimate of drug-likeness (QED) is 0.669. The normalized spacial score (nSPS) is 11.3. The largest absolute Gasteiger partial charge is 0.420 e. The van der Waals surface area contributed by atoms with Crippen molar-refractivity contribution in [1.29, 1.82) is 0 Å². The van der Waals surface area contributed by atoms with E-state index in [0.29, 0.717) is 5.58 Å². The molecular weight excluding hydrogens is 166 g/mol. The van der Waals surface area contributed by atoms with Crippen molar-refractivity contribution in [3.05, 3.63) is 34.8 Å². The van der Waals surface area contributed by atoms with Crippen molar-refractivity contribution in [3.63, 3.8) is 0 Å². The summed E-state index contributed by atoms with van der Waals surface area (Å²) >= 11 is 0. The Bertz CT molecular complexity index is 479. The molecule has 0 unspecified atom stereocenters. The summed E-state index contributed by atoms with van der Waals surface area (Å²) in [5.74, 6) is -0.281. The molecule has 1 aromatic heterocycles. The van der Waals surface area contributed by atoms with Gasteiger partial charge in [0.1, 0.15) is 0 Å². The molecule has 1 aromatic carbocycles. The van der Waals surface area contributed by atoms with Crippen LogP contribution < -0.4 is 5.76 Å². The van der Waals surface area contributed by atoms with E-state index in [1.54, 1.807) is 10.6 Å². The molecule has 0 atom stereocenters. The number of fused-ring (bicyclic) bond motifs is 1. The van der Waals surface area contributed by atoms with Crippen molar-refractivity contribution in [3.8, 4) is 0 Å². The molecule has 0 spiro atoms. The first kappa shape index (κ1) is 8.10. The van der Waals surface area contributed by atoms with Crippen LogP contribution in [0.5, 0.6) is 0 Å². The zero-order valence-corrected chi connectivity index (χ0v) is 7.65. The lowest BCUT2D eigenvalue weighted by Crippen LogP contribution is -2.15. The minimum absolute atomic E-state index is 0.135. The highest BCUT2D eigenvalue weighted by molar-refractivity contribution is 5.72. The average molecular weight is 177 g/mol. The van der Waals surface area contributed by atoms with E-state index < -0.39 is 0 Å². The fraction of sp³-hybridized carbons (Fsp3) is 0.300. The molecule has 3 heteroatoms. The van der Waals surface area contributed by atoms with Gasteiger partial charge in [-0.25, -0.2) is 4.79 Å². The lowest BCUT2D eigenvalue weighted by atomic mass is 10.3. The number of aromatic nitrogens is 1. The molecule has 3 nitrogen and oxygen atoms in total. The van der Waals surface area contributed by atoms with Gasteiger partial charge in [0.05, 0.1) is 5.52 Å². The van der Waals surface area contributed by atoms with Gasteiger partial charge in [0.2, 0.25) is 0 Å². The maximum Gasteiger partial charge on any atom is 0.420 e. The fourth-order valence-electron chi connectivity index (χ4n) is 1.47. The van der Waals surface area contributed by atoms with Gasteiger partial charge in [-0.3, -0.25) is 4.57 Å². The number of rotatable bonds is 1. The highest BCUT2D eigenvalue weighted by Gasteiger charge is 2.09. The molecule has 1 heterocycles. The molecule has 0 aliphatic rings. The summed E-state index contributed by atoms with van der Waals surface area (Å²) in [5, 5.41) is 0. The van der Waals surface area contributed by atoms with Gasteiger partial charge >= 0.3 is 5.76 Å². The third-order valence-corrected chi connectivity index (χ3v) is 2.04. The van der Waals surface area contributed by atoms with E-state index in [2.05, 4.69) is 0 Å². The minimum Gasteiger partial charge on any atom is -0.408 e. The van der Waals surface area contributed by atoms with Gasteiger partial charge in [-0.1, -0.05) is 12.1 Å². The zero-order valence-electron chi connectivity index (χ0n) is 7.65. The molecule has 0 aliphatic carbocycles. The van der Waals surface area contributed by atoms with Crippen LogP contribution in [0, 0.1) is 0 Å². The highest BCUT2D eigenvalue weighted by atomic mass is 16.4. The van der Waals surface area contributed by atoms with Crippen LogP contribution in [0.15, 0.2) is 33.5 Å². The third-order valence-electron chi connectivity index (χ3n) is 2.04. The van der Waals surface area contributed by atoms with Crippen molar-refractivity contribution in [1.82, 2.24) is 4.57 Å². The van der Waals surface area contributed by atoms with Gasteiger partial charge in [0.15, 0.2) is 5.58 Å². The standard InChI is InChI=1S/C10H11NO2/c1-7(2)11-8-5-3-4-6-9(8)13-10(11)12/h3-7H,1-2H3. The van der Waals surface area contributed by atoms with E-state index in [0.717, 1.165) is 5.52 Å². The van der Waals surface area contributed by atoms with Crippen molar-refractivity contribution < 1.29 is 4.42 Å². The Hall–Kier alpha value is -1.51. The molecule has 0 saturated carbocycles. The molecule has 0 bridgehead atoms. The van der Waals surface area contributed by atoms with E-state index >= 15 is 0 Å². The Morgan fingerprint density at radius 1 is 1.31 bits per heavy atom. The predicted molar refractivity (Wildman–Crippen MR) is 50.9 cm³/mol. The molecule has 2 aromatic rings. The molecule has 0 saturated heterocycles. The van der Waals surface area contributed by atoms with Gasteiger partial charge in [-0.15, -0.1) is 0 Å². The summed E-state index contributed by atoms with van der Waals surface area (Å²) in [6, 6.07) is 7.58. The van der Waals surface area contributed by atoms with E-state index in [9.17, 15) is 4.79 Å². The third kappa shape index (κ3) is 1.16. The van der Waals surface area contributed by atoms with Gasteiger partial charge in [-0.2, -0.15) is 0 Å². The number of benzene rings is 1. The van der Waals surface area contributed by atoms with Gasteiger partial charge < -0.3 is 4.42 Å². The first-order chi connectivity index (χ1) is 6.20. The Morgan fingerprint density at radius 2 is 2.00 bits per heavy atom. The van der Waals surface area contributed by atoms with Crippen LogP contribution in [0.4, 0.5) is 0 Å². The number of oxazole rings is 1. The van der Waals surface area contributed by atoms with Crippen molar-refractivity contribution in [2.45, 2.75) is 19.9 Å². The van der Waals surface area contributed by atoms with E-state index in [1.165, 1.54) is 0 Å². The molecule has 0 amide bonds. The van der Waals surface area contributed by atoms with Crippen LogP contribution in [0.1, 0.15) is 19.9 Å². The van der Waals surface area contributed by atoms with Gasteiger partial charge in [0.25, 0.3) is 0 Å². The molecule has 0 fully saturated rings. The van der Waals surface area contributed by atoms with Crippen LogP contribution in [0.25, 0.3) is 11.1 Å². The summed E-state index contributed by atoms with van der Waals surface area (Å²) in [7, 11) is 0. The molecule has 13 heavy (non-hydrogen) atoms. The Kier molecular flexibility index (Phi) is 1.72. The van der Waals surface area contributed by atoms with E-state index in [1.807, 2.05) is 32.0 Å². The summed E-state index contributed by atoms with van der Waals surface area (Å²) < 4.78 is 6.72. The summed E-state index contributed by atoms with van der Waals surface area (Å²) in [6.45, 7) is 3.92. The second kappa shape index (κ2) is 2.76. The molecule has 0 radical (unpaired) electrons. The Labute approximate surface area is 75.6 Å². The molecular formula is C10H11NO2. The maximum atomic E-state index is 11.4. The predicted octanol–water partition coefficient (Wildman–Crippen LogP) is 2.18. The van der Waals surface area contributed by atoms with Crippen LogP contribution in [-0.4, -0.2) is 4.57 Å². The van der Waals surface area contributed by atoms with Crippen molar-refractivity contribution >= 4 is 11.1 Å². The average Bonchev–Trinajstić information content (AvgIpc) is 2.39. The van der Waals surface area contributed by atoms with Crippen molar-refractivity contribution in [2.75, 3.05) is 0 Å². The zero-order chi connectivity index (χ0) is 9.42. The second-order valence-electron chi connectivity index (χ2n) is 3.30. The van der Waals surface area contributed by atoms with E-state index in [4.69, 9.17) is 4.42 Å². The lowest BCUT2D eigenvalue weighted by Gasteiger charge is -2.03. The van der Waals surface area contributed by atoms with Gasteiger partial charge in [-0.05, 0) is 26.0 Å². The Balaban J connectivity index is 2.87. The van der Waals surface area contributed by atoms with Crippen LogP contribution in [-0.2, 0) is 0 Å². The summed E-state index contributed by atoms with van der Waals surface area (Å²) in [4.78, 5) is 11.4. The summed E-state index contributed by atoms with van der Waals surface area (Å²) in [5.41, 5.74) is 1.52.